The number of nitrogens with zero attached hydrogens (tertiary/aromatic N) is 4. The molecule has 0 saturated heterocycles. The first-order valence-electron chi connectivity index (χ1n) is 8.90. The van der Waals surface area contributed by atoms with Gasteiger partial charge in [-0.1, -0.05) is 30.3 Å². The first kappa shape index (κ1) is 17.7. The molecule has 0 N–H and O–H groups in total. The van der Waals surface area contributed by atoms with Crippen molar-refractivity contribution in [3.63, 3.8) is 0 Å². The highest BCUT2D eigenvalue weighted by Gasteiger charge is 2.22. The van der Waals surface area contributed by atoms with Crippen molar-refractivity contribution in [3.8, 4) is 11.5 Å². The molecule has 0 unspecified atom stereocenters. The molecule has 0 aliphatic heterocycles. The lowest BCUT2D eigenvalue weighted by Gasteiger charge is -2.18. The molecule has 4 aromatic rings. The van der Waals surface area contributed by atoms with E-state index < -0.39 is 0 Å². The molecule has 6 heteroatoms. The molecule has 0 fully saturated rings. The molecule has 5 nitrogen and oxygen atoms in total. The minimum absolute atomic E-state index is 0.138. The first-order chi connectivity index (χ1) is 13.6. The summed E-state index contributed by atoms with van der Waals surface area (Å²) in [5, 5.41) is 4.41. The fourth-order valence-corrected chi connectivity index (χ4v) is 3.12. The fourth-order valence-electron chi connectivity index (χ4n) is 3.12. The van der Waals surface area contributed by atoms with Crippen molar-refractivity contribution in [2.45, 2.75) is 6.54 Å². The van der Waals surface area contributed by atoms with Crippen LogP contribution in [0.1, 0.15) is 15.9 Å². The van der Waals surface area contributed by atoms with E-state index in [0.717, 1.165) is 5.56 Å². The van der Waals surface area contributed by atoms with Crippen LogP contribution in [0.25, 0.3) is 11.5 Å². The van der Waals surface area contributed by atoms with Gasteiger partial charge in [-0.25, -0.2) is 9.07 Å². The number of hydrogen-bond donors (Lipinski definition) is 0. The van der Waals surface area contributed by atoms with Crippen LogP contribution < -0.4 is 0 Å². The highest BCUT2D eigenvalue weighted by Crippen LogP contribution is 2.22. The van der Waals surface area contributed by atoms with E-state index in [1.807, 2.05) is 59.4 Å². The molecule has 140 valence electrons. The minimum atomic E-state index is -0.322. The van der Waals surface area contributed by atoms with Crippen molar-refractivity contribution >= 4 is 5.91 Å². The van der Waals surface area contributed by atoms with Gasteiger partial charge < -0.3 is 9.47 Å². The average molecular weight is 374 g/mol. The minimum Gasteiger partial charge on any atom is -0.337 e. The van der Waals surface area contributed by atoms with Gasteiger partial charge in [0, 0.05) is 26.0 Å². The normalized spacial score (nSPS) is 10.8. The molecule has 0 saturated carbocycles. The highest BCUT2D eigenvalue weighted by atomic mass is 19.1. The van der Waals surface area contributed by atoms with Crippen molar-refractivity contribution in [2.75, 3.05) is 7.05 Å². The number of benzene rings is 2. The Balaban J connectivity index is 1.72. The summed E-state index contributed by atoms with van der Waals surface area (Å²) < 4.78 is 16.8. The van der Waals surface area contributed by atoms with Crippen LogP contribution in [-0.2, 0) is 6.54 Å². The van der Waals surface area contributed by atoms with E-state index in [2.05, 4.69) is 5.10 Å². The molecule has 2 aromatic carbocycles. The van der Waals surface area contributed by atoms with Crippen LogP contribution in [-0.4, -0.2) is 32.2 Å². The van der Waals surface area contributed by atoms with Gasteiger partial charge in [-0.2, -0.15) is 5.10 Å². The third kappa shape index (κ3) is 3.44. The first-order valence-corrected chi connectivity index (χ1v) is 8.90. The van der Waals surface area contributed by atoms with Crippen LogP contribution in [0.5, 0.6) is 0 Å². The number of carbonyl (C=O) groups excluding carboxylic acids is 1. The lowest BCUT2D eigenvalue weighted by molar-refractivity contribution is 0.0785. The predicted octanol–water partition coefficient (Wildman–Crippen LogP) is 4.07. The zero-order chi connectivity index (χ0) is 19.5. The number of amides is 1. The van der Waals surface area contributed by atoms with E-state index in [4.69, 9.17) is 0 Å². The van der Waals surface area contributed by atoms with E-state index >= 15 is 0 Å². The molecular weight excluding hydrogens is 355 g/mol. The van der Waals surface area contributed by atoms with Crippen LogP contribution in [0.4, 0.5) is 4.39 Å². The Hall–Kier alpha value is -3.67. The van der Waals surface area contributed by atoms with Crippen molar-refractivity contribution < 1.29 is 9.18 Å². The topological polar surface area (TPSA) is 43.1 Å². The monoisotopic (exact) mass is 374 g/mol. The molecule has 0 aliphatic rings. The predicted molar refractivity (Wildman–Crippen MR) is 105 cm³/mol. The van der Waals surface area contributed by atoms with Gasteiger partial charge in [0.15, 0.2) is 5.82 Å². The van der Waals surface area contributed by atoms with Crippen LogP contribution >= 0.6 is 0 Å². The number of carbonyl (C=O) groups is 1. The largest absolute Gasteiger partial charge is 0.337 e. The van der Waals surface area contributed by atoms with Crippen molar-refractivity contribution in [1.82, 2.24) is 19.2 Å². The number of halogens is 1. The van der Waals surface area contributed by atoms with Crippen LogP contribution in [0.15, 0.2) is 85.3 Å². The third-order valence-electron chi connectivity index (χ3n) is 4.50. The standard InChI is InChI=1S/C22H19FN4O/c1-25(16-17-7-3-2-4-8-17)22(28)20-15-24-27(19-11-9-18(23)10-12-19)21(20)26-13-5-6-14-26/h2-15H,16H2,1H3. The second kappa shape index (κ2) is 7.52. The SMILES string of the molecule is CN(Cc1ccccc1)C(=O)c1cnn(-c2ccc(F)cc2)c1-n1cccc1. The van der Waals surface area contributed by atoms with E-state index in [-0.39, 0.29) is 11.7 Å². The highest BCUT2D eigenvalue weighted by molar-refractivity contribution is 5.97. The Kier molecular flexibility index (Phi) is 4.76. The number of rotatable bonds is 5. The molecule has 4 rings (SSSR count). The van der Waals surface area contributed by atoms with Crippen LogP contribution in [0.2, 0.25) is 0 Å². The Labute approximate surface area is 162 Å². The summed E-state index contributed by atoms with van der Waals surface area (Å²) in [4.78, 5) is 14.8. The van der Waals surface area contributed by atoms with Crippen molar-refractivity contribution in [2.24, 2.45) is 0 Å². The van der Waals surface area contributed by atoms with Gasteiger partial charge in [0.25, 0.3) is 5.91 Å². The Morgan fingerprint density at radius 2 is 1.68 bits per heavy atom. The molecule has 1 amide bonds. The van der Waals surface area contributed by atoms with Crippen molar-refractivity contribution in [3.05, 3.63) is 102 Å². The van der Waals surface area contributed by atoms with Gasteiger partial charge >= 0.3 is 0 Å². The summed E-state index contributed by atoms with van der Waals surface area (Å²) in [6.45, 7) is 0.493. The van der Waals surface area contributed by atoms with Gasteiger partial charge in [0.1, 0.15) is 11.4 Å². The van der Waals surface area contributed by atoms with E-state index in [9.17, 15) is 9.18 Å². The molecular formula is C22H19FN4O. The number of aromatic nitrogens is 3. The van der Waals surface area contributed by atoms with E-state index in [1.165, 1.54) is 12.1 Å². The summed E-state index contributed by atoms with van der Waals surface area (Å²) in [7, 11) is 1.77. The second-order valence-electron chi connectivity index (χ2n) is 6.51. The van der Waals surface area contributed by atoms with Gasteiger partial charge in [-0.3, -0.25) is 4.79 Å². The smallest absolute Gasteiger partial charge is 0.259 e. The van der Waals surface area contributed by atoms with Gasteiger partial charge in [-0.15, -0.1) is 0 Å². The van der Waals surface area contributed by atoms with E-state index in [1.54, 1.807) is 35.0 Å². The molecule has 0 spiro atoms. The summed E-state index contributed by atoms with van der Waals surface area (Å²) in [6.07, 6.45) is 5.26. The summed E-state index contributed by atoms with van der Waals surface area (Å²) in [6, 6.07) is 19.6. The zero-order valence-corrected chi connectivity index (χ0v) is 15.4. The maximum atomic E-state index is 13.3. The average Bonchev–Trinajstić information content (AvgIpc) is 3.38. The molecule has 2 aromatic heterocycles. The molecule has 0 aliphatic carbocycles. The van der Waals surface area contributed by atoms with Crippen LogP contribution in [0, 0.1) is 5.82 Å². The summed E-state index contributed by atoms with van der Waals surface area (Å²) in [5.41, 5.74) is 2.20. The Bertz CT molecular complexity index is 1070. The summed E-state index contributed by atoms with van der Waals surface area (Å²) >= 11 is 0. The number of hydrogen-bond acceptors (Lipinski definition) is 2. The maximum absolute atomic E-state index is 13.3. The quantitative estimate of drug-likeness (QED) is 0.528. The third-order valence-corrected chi connectivity index (χ3v) is 4.50. The van der Waals surface area contributed by atoms with Gasteiger partial charge in [0.2, 0.25) is 0 Å². The molecule has 0 bridgehead atoms. The second-order valence-corrected chi connectivity index (χ2v) is 6.51. The van der Waals surface area contributed by atoms with Crippen molar-refractivity contribution in [1.29, 1.82) is 0 Å². The fraction of sp³-hybridized carbons (Fsp3) is 0.0909. The Morgan fingerprint density at radius 1 is 1.00 bits per heavy atom. The molecule has 0 atom stereocenters. The molecule has 2 heterocycles. The lowest BCUT2D eigenvalue weighted by atomic mass is 10.2. The molecule has 0 radical (unpaired) electrons. The van der Waals surface area contributed by atoms with Gasteiger partial charge in [-0.05, 0) is 42.0 Å². The summed E-state index contributed by atoms with van der Waals surface area (Å²) in [5.74, 6) is 0.153. The van der Waals surface area contributed by atoms with Gasteiger partial charge in [0.05, 0.1) is 11.9 Å². The van der Waals surface area contributed by atoms with Crippen LogP contribution in [0.3, 0.4) is 0 Å². The Morgan fingerprint density at radius 3 is 2.36 bits per heavy atom. The lowest BCUT2D eigenvalue weighted by Crippen LogP contribution is -2.27. The maximum Gasteiger partial charge on any atom is 0.259 e. The zero-order valence-electron chi connectivity index (χ0n) is 15.4. The molecule has 28 heavy (non-hydrogen) atoms. The van der Waals surface area contributed by atoms with E-state index in [0.29, 0.717) is 23.6 Å².